The fraction of sp³-hybridized carbons (Fsp3) is 0.381. The van der Waals surface area contributed by atoms with Gasteiger partial charge in [-0.25, -0.2) is 0 Å². The highest BCUT2D eigenvalue weighted by atomic mass is 79.9. The Morgan fingerprint density at radius 2 is 1.80 bits per heavy atom. The summed E-state index contributed by atoms with van der Waals surface area (Å²) in [6.07, 6.45) is 3.60. The van der Waals surface area contributed by atoms with E-state index in [2.05, 4.69) is 34.4 Å². The topological polar surface area (TPSA) is 125 Å². The largest absolute Gasteiger partial charge is 0.463 e. The lowest BCUT2D eigenvalue weighted by molar-refractivity contribution is -0.146. The first-order valence-corrected chi connectivity index (χ1v) is 19.4. The van der Waals surface area contributed by atoms with E-state index in [-0.39, 0.29) is 37.2 Å². The van der Waals surface area contributed by atoms with Crippen LogP contribution >= 0.6 is 27.5 Å². The quantitative estimate of drug-likeness (QED) is 0.105. The van der Waals surface area contributed by atoms with Crippen LogP contribution in [0.2, 0.25) is 5.02 Å². The molecule has 0 aromatic heterocycles. The highest BCUT2D eigenvalue weighted by Gasteiger charge is 2.77. The number of rotatable bonds is 16. The van der Waals surface area contributed by atoms with E-state index in [1.165, 1.54) is 9.80 Å². The predicted octanol–water partition coefficient (Wildman–Crippen LogP) is 5.89. The van der Waals surface area contributed by atoms with Gasteiger partial charge in [-0.1, -0.05) is 112 Å². The molecule has 3 amide bonds. The molecule has 3 aromatic carbocycles. The van der Waals surface area contributed by atoms with Crippen LogP contribution in [0.15, 0.2) is 104 Å². The minimum absolute atomic E-state index is 0.0838. The van der Waals surface area contributed by atoms with Gasteiger partial charge in [0.05, 0.1) is 47.3 Å². The number of aliphatic hydroxyl groups is 1. The number of aryl methyl sites for hydroxylation is 1. The molecule has 2 N–H and O–H groups in total. The van der Waals surface area contributed by atoms with Gasteiger partial charge in [0.2, 0.25) is 11.8 Å². The van der Waals surface area contributed by atoms with Crippen LogP contribution in [0.5, 0.6) is 0 Å². The number of ether oxygens (including phenoxy) is 2. The first-order valence-electron chi connectivity index (χ1n) is 18.1. The third-order valence-electron chi connectivity index (χ3n) is 10.7. The Morgan fingerprint density at radius 3 is 2.44 bits per heavy atom. The fourth-order valence-electron chi connectivity index (χ4n) is 8.35. The van der Waals surface area contributed by atoms with Crippen LogP contribution < -0.4 is 10.2 Å². The van der Waals surface area contributed by atoms with Crippen LogP contribution in [0, 0.1) is 18.8 Å². The molecule has 2 bridgehead atoms. The third-order valence-corrected chi connectivity index (χ3v) is 11.8. The van der Waals surface area contributed by atoms with E-state index in [0.717, 1.165) is 11.1 Å². The normalized spacial score (nSPS) is 25.1. The van der Waals surface area contributed by atoms with Crippen LogP contribution in [0.1, 0.15) is 42.0 Å². The molecular formula is C42H45BrClN3O7. The molecule has 0 saturated carbocycles. The number of carbonyl (C=O) groups excluding carboxylic acids is 4. The maximum absolute atomic E-state index is 15.3. The van der Waals surface area contributed by atoms with Crippen molar-refractivity contribution in [2.45, 2.75) is 67.3 Å². The number of para-hydroxylation sites is 1. The zero-order valence-electron chi connectivity index (χ0n) is 30.1. The van der Waals surface area contributed by atoms with E-state index in [4.69, 9.17) is 21.1 Å². The van der Waals surface area contributed by atoms with Gasteiger partial charge in [-0.2, -0.15) is 0 Å². The minimum atomic E-state index is -1.42. The monoisotopic (exact) mass is 817 g/mol. The molecule has 0 aliphatic carbocycles. The molecule has 3 aromatic rings. The molecule has 10 nitrogen and oxygen atoms in total. The van der Waals surface area contributed by atoms with Gasteiger partial charge >= 0.3 is 5.97 Å². The van der Waals surface area contributed by atoms with Crippen molar-refractivity contribution in [1.29, 1.82) is 0 Å². The molecular weight excluding hydrogens is 774 g/mol. The average Bonchev–Trinajstić information content (AvgIpc) is 3.77. The minimum Gasteiger partial charge on any atom is -0.463 e. The standard InChI is InChI=1S/C42H45BrClN3O7/c1-4-6-20-33(49)53-25-32(28-17-11-8-12-18-28)45-39(50)34-35-40(51)47(29(24-48)22-27-15-9-7-10-16-27)38(42(35)23-30(43)37(34)54-42)41(52)46(21-5-2)36-26(3)14-13-19-31(36)44/h4-5,7-19,29-30,32,34-35,37-38,48H,1-2,6,20-25H2,3H3,(H,45,50)/t29-,30?,32+,34+,35-,37+,38+,42-/m1/s1. The molecule has 0 radical (unpaired) electrons. The van der Waals surface area contributed by atoms with Gasteiger partial charge in [0, 0.05) is 17.8 Å². The first-order chi connectivity index (χ1) is 26.1. The molecule has 3 aliphatic rings. The maximum atomic E-state index is 15.3. The first kappa shape index (κ1) is 39.4. The lowest BCUT2D eigenvalue weighted by Gasteiger charge is -2.40. The van der Waals surface area contributed by atoms with Crippen LogP contribution in [0.3, 0.4) is 0 Å². The van der Waals surface area contributed by atoms with Gasteiger partial charge in [0.25, 0.3) is 5.91 Å². The second kappa shape index (κ2) is 17.0. The van der Waals surface area contributed by atoms with Crippen molar-refractivity contribution < 1.29 is 33.8 Å². The summed E-state index contributed by atoms with van der Waals surface area (Å²) >= 11 is 10.5. The number of anilines is 1. The number of esters is 1. The SMILES string of the molecule is C=CCCC(=O)OC[C@H](NC(=O)[C@@H]1[C@H]2O[C@@]3(CC2Br)[C@H](C(=O)N(CC=C)c2c(C)cccc2Cl)N([C@@H](CO)Cc2ccccc2)C(=O)[C@@H]13)c1ccccc1. The number of alkyl halides is 1. The molecule has 1 unspecified atom stereocenters. The summed E-state index contributed by atoms with van der Waals surface area (Å²) < 4.78 is 12.4. The summed E-state index contributed by atoms with van der Waals surface area (Å²) in [5.41, 5.74) is 1.37. The Labute approximate surface area is 329 Å². The molecule has 3 aliphatic heterocycles. The van der Waals surface area contributed by atoms with Crippen molar-refractivity contribution in [3.05, 3.63) is 126 Å². The van der Waals surface area contributed by atoms with Crippen LogP contribution in [-0.2, 0) is 35.1 Å². The van der Waals surface area contributed by atoms with Gasteiger partial charge in [-0.3, -0.25) is 19.2 Å². The number of nitrogens with one attached hydrogen (secondary N) is 1. The molecule has 3 heterocycles. The summed E-state index contributed by atoms with van der Waals surface area (Å²) in [4.78, 5) is 60.0. The second-order valence-corrected chi connectivity index (χ2v) is 15.6. The number of amides is 3. The van der Waals surface area contributed by atoms with Crippen LogP contribution in [-0.4, -0.2) is 82.1 Å². The number of aliphatic hydroxyl groups excluding tert-OH is 1. The number of likely N-dealkylation sites (tertiary alicyclic amines) is 1. The van der Waals surface area contributed by atoms with Gasteiger partial charge < -0.3 is 29.7 Å². The summed E-state index contributed by atoms with van der Waals surface area (Å²) in [5, 5.41) is 14.4. The van der Waals surface area contributed by atoms with E-state index < -0.39 is 72.0 Å². The van der Waals surface area contributed by atoms with Gasteiger partial charge in [-0.15, -0.1) is 13.2 Å². The molecule has 54 heavy (non-hydrogen) atoms. The Hall–Kier alpha value is -4.29. The van der Waals surface area contributed by atoms with E-state index >= 15 is 9.59 Å². The number of carbonyl (C=O) groups is 4. The molecule has 1 spiro atoms. The van der Waals surface area contributed by atoms with Crippen molar-refractivity contribution in [1.82, 2.24) is 10.2 Å². The van der Waals surface area contributed by atoms with Crippen LogP contribution in [0.4, 0.5) is 5.69 Å². The van der Waals surface area contributed by atoms with Crippen molar-refractivity contribution in [2.24, 2.45) is 11.8 Å². The van der Waals surface area contributed by atoms with E-state index in [9.17, 15) is 14.7 Å². The van der Waals surface area contributed by atoms with E-state index in [1.54, 1.807) is 24.3 Å². The Kier molecular flexibility index (Phi) is 12.4. The average molecular weight is 819 g/mol. The predicted molar refractivity (Wildman–Crippen MR) is 210 cm³/mol. The zero-order chi connectivity index (χ0) is 38.6. The van der Waals surface area contributed by atoms with Gasteiger partial charge in [-0.05, 0) is 48.9 Å². The molecule has 3 fully saturated rings. The lowest BCUT2D eigenvalue weighted by Crippen LogP contribution is -2.59. The summed E-state index contributed by atoms with van der Waals surface area (Å²) in [7, 11) is 0. The maximum Gasteiger partial charge on any atom is 0.306 e. The second-order valence-electron chi connectivity index (χ2n) is 14.1. The van der Waals surface area contributed by atoms with Crippen molar-refractivity contribution in [3.8, 4) is 0 Å². The number of halogens is 2. The number of hydrogen-bond acceptors (Lipinski definition) is 7. The molecule has 6 rings (SSSR count). The number of allylic oxidation sites excluding steroid dienone is 1. The van der Waals surface area contributed by atoms with Gasteiger partial charge in [0.15, 0.2) is 0 Å². The highest BCUT2D eigenvalue weighted by molar-refractivity contribution is 9.09. The highest BCUT2D eigenvalue weighted by Crippen LogP contribution is 2.61. The number of fused-ring (bicyclic) bond motifs is 1. The molecule has 8 atom stereocenters. The van der Waals surface area contributed by atoms with Crippen LogP contribution in [0.25, 0.3) is 0 Å². The Bertz CT molecular complexity index is 1860. The number of hydrogen-bond donors (Lipinski definition) is 2. The molecule has 3 saturated heterocycles. The molecule has 12 heteroatoms. The Morgan fingerprint density at radius 1 is 1.09 bits per heavy atom. The Balaban J connectivity index is 1.40. The lowest BCUT2D eigenvalue weighted by atomic mass is 9.70. The number of nitrogens with zero attached hydrogens (tertiary/aromatic N) is 2. The van der Waals surface area contributed by atoms with Crippen molar-refractivity contribution in [3.63, 3.8) is 0 Å². The van der Waals surface area contributed by atoms with Gasteiger partial charge in [0.1, 0.15) is 18.2 Å². The van der Waals surface area contributed by atoms with E-state index in [0.29, 0.717) is 22.7 Å². The van der Waals surface area contributed by atoms with Crippen molar-refractivity contribution >= 4 is 56.9 Å². The van der Waals surface area contributed by atoms with E-state index in [1.807, 2.05) is 73.7 Å². The zero-order valence-corrected chi connectivity index (χ0v) is 32.5. The molecule has 284 valence electrons. The summed E-state index contributed by atoms with van der Waals surface area (Å²) in [6.45, 7) is 8.92. The fourth-order valence-corrected chi connectivity index (χ4v) is 9.62. The summed E-state index contributed by atoms with van der Waals surface area (Å²) in [5.74, 6) is -3.87. The van der Waals surface area contributed by atoms with Crippen molar-refractivity contribution in [2.75, 3.05) is 24.7 Å². The number of benzene rings is 3. The third kappa shape index (κ3) is 7.51. The summed E-state index contributed by atoms with van der Waals surface area (Å²) in [6, 6.07) is 21.1. The smallest absolute Gasteiger partial charge is 0.306 e.